The molecule has 0 spiro atoms. The lowest BCUT2D eigenvalue weighted by Gasteiger charge is -2.32. The van der Waals surface area contributed by atoms with E-state index in [4.69, 9.17) is 4.74 Å². The first-order valence-corrected chi connectivity index (χ1v) is 9.14. The van der Waals surface area contributed by atoms with Crippen molar-refractivity contribution >= 4 is 18.3 Å². The predicted molar refractivity (Wildman–Crippen MR) is 102 cm³/mol. The van der Waals surface area contributed by atoms with Crippen LogP contribution in [0.25, 0.3) is 0 Å². The molecule has 1 aromatic rings. The second kappa shape index (κ2) is 10.00. The van der Waals surface area contributed by atoms with Gasteiger partial charge in [-0.3, -0.25) is 9.69 Å². The number of likely N-dealkylation sites (tertiary alicyclic amines) is 2. The highest BCUT2D eigenvalue weighted by molar-refractivity contribution is 5.85. The molecule has 2 fully saturated rings. The minimum atomic E-state index is 0. The molecule has 1 aromatic carbocycles. The molecule has 0 aliphatic carbocycles. The fraction of sp³-hybridized carbons (Fsp3) is 0.632. The van der Waals surface area contributed by atoms with E-state index in [9.17, 15) is 4.79 Å². The number of hydrogen-bond donors (Lipinski definition) is 1. The van der Waals surface area contributed by atoms with E-state index in [1.807, 2.05) is 30.1 Å². The number of nitrogens with zero attached hydrogens (tertiary/aromatic N) is 2. The fourth-order valence-electron chi connectivity index (χ4n) is 3.65. The Balaban J connectivity index is 0.00000225. The van der Waals surface area contributed by atoms with Crippen LogP contribution in [0, 0.1) is 0 Å². The Bertz CT molecular complexity index is 549. The largest absolute Gasteiger partial charge is 0.483 e. The van der Waals surface area contributed by atoms with Gasteiger partial charge in [-0.15, -0.1) is 12.4 Å². The van der Waals surface area contributed by atoms with Crippen molar-refractivity contribution < 1.29 is 9.53 Å². The molecule has 1 amide bonds. The number of para-hydroxylation sites is 1. The van der Waals surface area contributed by atoms with E-state index in [1.165, 1.54) is 18.4 Å². The number of carbonyl (C=O) groups is 1. The molecule has 140 valence electrons. The summed E-state index contributed by atoms with van der Waals surface area (Å²) in [4.78, 5) is 16.6. The third-order valence-corrected chi connectivity index (χ3v) is 5.09. The summed E-state index contributed by atoms with van der Waals surface area (Å²) >= 11 is 0. The van der Waals surface area contributed by atoms with Crippen LogP contribution in [0.4, 0.5) is 0 Å². The summed E-state index contributed by atoms with van der Waals surface area (Å²) in [7, 11) is 2.04. The van der Waals surface area contributed by atoms with E-state index in [0.29, 0.717) is 6.04 Å². The molecule has 0 saturated carbocycles. The summed E-state index contributed by atoms with van der Waals surface area (Å²) in [6.45, 7) is 4.98. The van der Waals surface area contributed by atoms with Gasteiger partial charge in [0.2, 0.25) is 0 Å². The van der Waals surface area contributed by atoms with Crippen molar-refractivity contribution in [3.05, 3.63) is 29.8 Å². The average molecular weight is 368 g/mol. The summed E-state index contributed by atoms with van der Waals surface area (Å²) in [6, 6.07) is 8.68. The van der Waals surface area contributed by atoms with Gasteiger partial charge in [-0.2, -0.15) is 0 Å². The van der Waals surface area contributed by atoms with Gasteiger partial charge in [0.1, 0.15) is 5.75 Å². The first-order valence-electron chi connectivity index (χ1n) is 9.14. The van der Waals surface area contributed by atoms with E-state index in [-0.39, 0.29) is 24.9 Å². The van der Waals surface area contributed by atoms with Crippen molar-refractivity contribution in [2.24, 2.45) is 0 Å². The zero-order valence-electron chi connectivity index (χ0n) is 15.1. The van der Waals surface area contributed by atoms with Gasteiger partial charge in [-0.1, -0.05) is 18.2 Å². The van der Waals surface area contributed by atoms with Gasteiger partial charge in [0.25, 0.3) is 5.91 Å². The van der Waals surface area contributed by atoms with Gasteiger partial charge in [0, 0.05) is 37.8 Å². The van der Waals surface area contributed by atoms with Gasteiger partial charge in [-0.05, 0) is 45.3 Å². The van der Waals surface area contributed by atoms with E-state index in [2.05, 4.69) is 16.3 Å². The maximum absolute atomic E-state index is 12.2. The molecule has 2 aliphatic rings. The minimum Gasteiger partial charge on any atom is -0.483 e. The molecule has 2 aliphatic heterocycles. The summed E-state index contributed by atoms with van der Waals surface area (Å²) in [5.74, 6) is 0.951. The highest BCUT2D eigenvalue weighted by Crippen LogP contribution is 2.22. The second-order valence-corrected chi connectivity index (χ2v) is 6.85. The summed E-state index contributed by atoms with van der Waals surface area (Å²) in [5, 5.41) is 3.38. The number of ether oxygens (including phenoxy) is 1. The molecule has 0 bridgehead atoms. The zero-order chi connectivity index (χ0) is 16.8. The number of hydrogen-bond acceptors (Lipinski definition) is 4. The minimum absolute atomic E-state index is 0. The van der Waals surface area contributed by atoms with Crippen molar-refractivity contribution in [3.8, 4) is 5.75 Å². The van der Waals surface area contributed by atoms with Crippen LogP contribution in [0.3, 0.4) is 0 Å². The lowest BCUT2D eigenvalue weighted by Crippen LogP contribution is -2.43. The number of carbonyl (C=O) groups excluding carboxylic acids is 1. The predicted octanol–water partition coefficient (Wildman–Crippen LogP) is 2.29. The normalized spacial score (nSPS) is 21.0. The third kappa shape index (κ3) is 5.59. The van der Waals surface area contributed by atoms with Gasteiger partial charge in [0.15, 0.2) is 6.61 Å². The quantitative estimate of drug-likeness (QED) is 0.838. The number of halogens is 1. The molecular weight excluding hydrogens is 338 g/mol. The van der Waals surface area contributed by atoms with Crippen molar-refractivity contribution in [1.29, 1.82) is 0 Å². The number of amides is 1. The van der Waals surface area contributed by atoms with Gasteiger partial charge < -0.3 is 15.0 Å². The van der Waals surface area contributed by atoms with Crippen LogP contribution in [0.1, 0.15) is 31.2 Å². The van der Waals surface area contributed by atoms with Crippen molar-refractivity contribution in [2.45, 2.75) is 38.3 Å². The molecule has 1 unspecified atom stereocenters. The topological polar surface area (TPSA) is 44.8 Å². The van der Waals surface area contributed by atoms with Crippen molar-refractivity contribution in [2.75, 3.05) is 39.8 Å². The van der Waals surface area contributed by atoms with E-state index in [1.54, 1.807) is 0 Å². The SMILES string of the molecule is CNC1CCCN(Cc2ccccc2OCC(=O)N2CCCC2)C1.Cl. The van der Waals surface area contributed by atoms with Crippen LogP contribution < -0.4 is 10.1 Å². The fourth-order valence-corrected chi connectivity index (χ4v) is 3.65. The van der Waals surface area contributed by atoms with Crippen LogP contribution in [-0.4, -0.2) is 61.6 Å². The highest BCUT2D eigenvalue weighted by atomic mass is 35.5. The third-order valence-electron chi connectivity index (χ3n) is 5.09. The van der Waals surface area contributed by atoms with Gasteiger partial charge in [-0.25, -0.2) is 0 Å². The number of benzene rings is 1. The van der Waals surface area contributed by atoms with Crippen LogP contribution in [0.2, 0.25) is 0 Å². The Morgan fingerprint density at radius 2 is 1.96 bits per heavy atom. The molecule has 5 nitrogen and oxygen atoms in total. The molecule has 1 N–H and O–H groups in total. The highest BCUT2D eigenvalue weighted by Gasteiger charge is 2.21. The van der Waals surface area contributed by atoms with E-state index < -0.39 is 0 Å². The van der Waals surface area contributed by atoms with Crippen molar-refractivity contribution in [3.63, 3.8) is 0 Å². The molecule has 3 rings (SSSR count). The Morgan fingerprint density at radius 3 is 2.72 bits per heavy atom. The molecule has 6 heteroatoms. The van der Waals surface area contributed by atoms with Crippen LogP contribution in [-0.2, 0) is 11.3 Å². The first-order chi connectivity index (χ1) is 11.8. The summed E-state index contributed by atoms with van der Waals surface area (Å²) < 4.78 is 5.87. The standard InChI is InChI=1S/C19H29N3O2.ClH/c1-20-17-8-6-10-21(14-17)13-16-7-2-3-9-18(16)24-15-19(23)22-11-4-5-12-22;/h2-3,7,9,17,20H,4-6,8,10-15H2,1H3;1H. The molecule has 0 aromatic heterocycles. The number of piperidine rings is 1. The Kier molecular flexibility index (Phi) is 8.00. The lowest BCUT2D eigenvalue weighted by molar-refractivity contribution is -0.132. The number of rotatable bonds is 6. The van der Waals surface area contributed by atoms with Gasteiger partial charge >= 0.3 is 0 Å². The Hall–Kier alpha value is -1.30. The maximum Gasteiger partial charge on any atom is 0.260 e. The number of nitrogens with one attached hydrogen (secondary N) is 1. The van der Waals surface area contributed by atoms with E-state index in [0.717, 1.165) is 51.3 Å². The second-order valence-electron chi connectivity index (χ2n) is 6.85. The monoisotopic (exact) mass is 367 g/mol. The Labute approximate surface area is 157 Å². The smallest absolute Gasteiger partial charge is 0.260 e. The van der Waals surface area contributed by atoms with Crippen LogP contribution in [0.5, 0.6) is 5.75 Å². The summed E-state index contributed by atoms with van der Waals surface area (Å²) in [6.07, 6.45) is 4.70. The lowest BCUT2D eigenvalue weighted by atomic mass is 10.0. The number of likely N-dealkylation sites (N-methyl/N-ethyl adjacent to an activating group) is 1. The van der Waals surface area contributed by atoms with Crippen LogP contribution in [0.15, 0.2) is 24.3 Å². The average Bonchev–Trinajstić information content (AvgIpc) is 3.16. The molecule has 0 radical (unpaired) electrons. The zero-order valence-corrected chi connectivity index (χ0v) is 15.9. The molecular formula is C19H30ClN3O2. The van der Waals surface area contributed by atoms with Crippen LogP contribution >= 0.6 is 12.4 Å². The molecule has 1 atom stereocenters. The Morgan fingerprint density at radius 1 is 1.20 bits per heavy atom. The molecule has 2 saturated heterocycles. The summed E-state index contributed by atoms with van der Waals surface area (Å²) in [5.41, 5.74) is 1.17. The molecule has 25 heavy (non-hydrogen) atoms. The first kappa shape index (κ1) is 20.0. The molecule has 2 heterocycles. The van der Waals surface area contributed by atoms with Crippen molar-refractivity contribution in [1.82, 2.24) is 15.1 Å². The van der Waals surface area contributed by atoms with Gasteiger partial charge in [0.05, 0.1) is 0 Å². The maximum atomic E-state index is 12.2. The van der Waals surface area contributed by atoms with E-state index >= 15 is 0 Å².